The van der Waals surface area contributed by atoms with Crippen molar-refractivity contribution in [1.29, 1.82) is 0 Å². The molecule has 0 amide bonds. The second-order valence-electron chi connectivity index (χ2n) is 6.10. The molecular formula is C18H21NO6S2. The van der Waals surface area contributed by atoms with Crippen LogP contribution in [0.2, 0.25) is 0 Å². The molecule has 1 aliphatic rings. The van der Waals surface area contributed by atoms with E-state index in [0.29, 0.717) is 12.2 Å². The molecule has 1 aromatic carbocycles. The molecule has 2 aromatic rings. The lowest BCUT2D eigenvalue weighted by Crippen LogP contribution is -2.49. The van der Waals surface area contributed by atoms with Gasteiger partial charge in [0.2, 0.25) is 10.0 Å². The number of methoxy groups -OCH3 is 2. The summed E-state index contributed by atoms with van der Waals surface area (Å²) in [6.07, 6.45) is 0.465. The van der Waals surface area contributed by atoms with Gasteiger partial charge in [0.1, 0.15) is 11.8 Å². The van der Waals surface area contributed by atoms with Crippen LogP contribution in [0, 0.1) is 0 Å². The summed E-state index contributed by atoms with van der Waals surface area (Å²) in [4.78, 5) is 13.6. The predicted molar refractivity (Wildman–Crippen MR) is 101 cm³/mol. The molecule has 0 saturated carbocycles. The molecule has 0 fully saturated rings. The van der Waals surface area contributed by atoms with Crippen LogP contribution in [0.5, 0.6) is 5.75 Å². The quantitative estimate of drug-likeness (QED) is 0.752. The fourth-order valence-electron chi connectivity index (χ4n) is 3.36. The number of aliphatic hydroxyl groups excluding tert-OH is 1. The van der Waals surface area contributed by atoms with Gasteiger partial charge >= 0.3 is 5.97 Å². The number of rotatable bonds is 5. The summed E-state index contributed by atoms with van der Waals surface area (Å²) in [6, 6.07) is 6.69. The van der Waals surface area contributed by atoms with E-state index >= 15 is 0 Å². The fraction of sp³-hybridized carbons (Fsp3) is 0.389. The van der Waals surface area contributed by atoms with Crippen LogP contribution in [0.15, 0.2) is 40.6 Å². The number of fused-ring (bicyclic) bond motifs is 1. The number of nitrogens with zero attached hydrogens (tertiary/aromatic N) is 1. The van der Waals surface area contributed by atoms with E-state index in [0.717, 1.165) is 14.7 Å². The van der Waals surface area contributed by atoms with E-state index in [4.69, 9.17) is 9.47 Å². The van der Waals surface area contributed by atoms with Crippen molar-refractivity contribution in [3.63, 3.8) is 0 Å². The first-order chi connectivity index (χ1) is 12.9. The van der Waals surface area contributed by atoms with E-state index in [9.17, 15) is 18.3 Å². The van der Waals surface area contributed by atoms with Gasteiger partial charge in [-0.15, -0.1) is 11.3 Å². The second kappa shape index (κ2) is 7.97. The number of ether oxygens (including phenoxy) is 2. The monoisotopic (exact) mass is 411 g/mol. The predicted octanol–water partition coefficient (Wildman–Crippen LogP) is 1.62. The Morgan fingerprint density at radius 2 is 1.96 bits per heavy atom. The van der Waals surface area contributed by atoms with Gasteiger partial charge in [0.05, 0.1) is 25.7 Å². The summed E-state index contributed by atoms with van der Waals surface area (Å²) in [5.41, 5.74) is 0.797. The number of thiophene rings is 1. The molecule has 0 aliphatic carbocycles. The number of hydrogen-bond donors (Lipinski definition) is 1. The zero-order valence-corrected chi connectivity index (χ0v) is 16.6. The molecule has 1 aliphatic heterocycles. The first-order valence-corrected chi connectivity index (χ1v) is 10.7. The van der Waals surface area contributed by atoms with Crippen LogP contribution in [0.4, 0.5) is 0 Å². The van der Waals surface area contributed by atoms with Gasteiger partial charge in [-0.05, 0) is 47.7 Å². The molecule has 2 heterocycles. The number of hydrogen-bond acceptors (Lipinski definition) is 7. The minimum absolute atomic E-state index is 0.0548. The Morgan fingerprint density at radius 1 is 1.26 bits per heavy atom. The number of benzene rings is 1. The van der Waals surface area contributed by atoms with Gasteiger partial charge < -0.3 is 14.6 Å². The minimum Gasteiger partial charge on any atom is -0.497 e. The van der Waals surface area contributed by atoms with E-state index in [2.05, 4.69) is 0 Å². The van der Waals surface area contributed by atoms with Gasteiger partial charge in [0.25, 0.3) is 0 Å². The zero-order valence-electron chi connectivity index (χ0n) is 15.0. The number of sulfonamides is 1. The number of aliphatic hydroxyl groups is 1. The number of carbonyl (C=O) groups is 1. The lowest BCUT2D eigenvalue weighted by molar-refractivity contribution is -0.146. The molecule has 146 valence electrons. The van der Waals surface area contributed by atoms with Crippen LogP contribution in [0.3, 0.4) is 0 Å². The zero-order chi connectivity index (χ0) is 19.6. The van der Waals surface area contributed by atoms with Crippen LogP contribution >= 0.6 is 11.3 Å². The number of carbonyl (C=O) groups excluding carboxylic acids is 1. The van der Waals surface area contributed by atoms with Crippen LogP contribution in [-0.4, -0.2) is 57.2 Å². The summed E-state index contributed by atoms with van der Waals surface area (Å²) in [6.45, 7) is -0.240. The highest BCUT2D eigenvalue weighted by Gasteiger charge is 2.44. The Hall–Kier alpha value is -1.94. The van der Waals surface area contributed by atoms with Gasteiger partial charge in [-0.3, -0.25) is 4.79 Å². The summed E-state index contributed by atoms with van der Waals surface area (Å²) in [7, 11) is -1.27. The smallest absolute Gasteiger partial charge is 0.324 e. The molecule has 7 nitrogen and oxygen atoms in total. The van der Waals surface area contributed by atoms with E-state index in [1.807, 2.05) is 11.4 Å². The van der Waals surface area contributed by atoms with Crippen LogP contribution in [0.25, 0.3) is 0 Å². The molecule has 1 N–H and O–H groups in total. The van der Waals surface area contributed by atoms with Gasteiger partial charge in [0, 0.05) is 17.3 Å². The molecule has 0 saturated heterocycles. The molecule has 1 aromatic heterocycles. The van der Waals surface area contributed by atoms with Crippen molar-refractivity contribution in [1.82, 2.24) is 4.31 Å². The Bertz CT molecular complexity index is 906. The molecule has 3 rings (SSSR count). The molecule has 9 heteroatoms. The maximum Gasteiger partial charge on any atom is 0.324 e. The van der Waals surface area contributed by atoms with Crippen molar-refractivity contribution in [3.8, 4) is 5.75 Å². The number of esters is 1. The molecule has 0 radical (unpaired) electrons. The van der Waals surface area contributed by atoms with E-state index in [1.165, 1.54) is 37.7 Å². The maximum absolute atomic E-state index is 13.3. The summed E-state index contributed by atoms with van der Waals surface area (Å²) in [5, 5.41) is 11.9. The molecule has 0 spiro atoms. The van der Waals surface area contributed by atoms with E-state index in [1.54, 1.807) is 12.1 Å². The Balaban J connectivity index is 2.08. The van der Waals surface area contributed by atoms with Gasteiger partial charge in [-0.1, -0.05) is 0 Å². The normalized spacial score (nSPS) is 20.6. The summed E-state index contributed by atoms with van der Waals surface area (Å²) < 4.78 is 37.7. The average molecular weight is 412 g/mol. The second-order valence-corrected chi connectivity index (χ2v) is 8.99. The first-order valence-electron chi connectivity index (χ1n) is 8.35. The van der Waals surface area contributed by atoms with Crippen molar-refractivity contribution in [2.24, 2.45) is 0 Å². The largest absolute Gasteiger partial charge is 0.497 e. The molecule has 27 heavy (non-hydrogen) atoms. The third kappa shape index (κ3) is 3.60. The van der Waals surface area contributed by atoms with Gasteiger partial charge in [-0.2, -0.15) is 4.31 Å². The van der Waals surface area contributed by atoms with Crippen molar-refractivity contribution < 1.29 is 27.8 Å². The minimum atomic E-state index is -3.98. The molecular weight excluding hydrogens is 390 g/mol. The first kappa shape index (κ1) is 19.8. The lowest BCUT2D eigenvalue weighted by Gasteiger charge is -2.31. The van der Waals surface area contributed by atoms with Crippen LogP contribution in [-0.2, 0) is 26.0 Å². The third-order valence-electron chi connectivity index (χ3n) is 4.74. The van der Waals surface area contributed by atoms with Crippen molar-refractivity contribution in [2.45, 2.75) is 23.3 Å². The highest BCUT2D eigenvalue weighted by Crippen LogP contribution is 2.36. The van der Waals surface area contributed by atoms with Crippen LogP contribution < -0.4 is 4.74 Å². The third-order valence-corrected chi connectivity index (χ3v) is 7.63. The molecule has 0 bridgehead atoms. The van der Waals surface area contributed by atoms with E-state index < -0.39 is 28.0 Å². The summed E-state index contributed by atoms with van der Waals surface area (Å²) in [5.74, 6) is -0.843. The Kier molecular flexibility index (Phi) is 5.85. The van der Waals surface area contributed by atoms with Crippen molar-refractivity contribution in [2.75, 3.05) is 27.4 Å². The fourth-order valence-corrected chi connectivity index (χ4v) is 5.92. The highest BCUT2D eigenvalue weighted by molar-refractivity contribution is 7.89. The standard InChI is InChI=1S/C18H21NO6S2/c1-24-12-3-5-13(6-4-12)27(22,23)19-9-7-16-14(8-10-26-16)15(11-20)17(19)18(21)25-2/h3-6,8,10,15,17,20H,7,9,11H2,1-2H3/t15-,17+/m1/s1. The highest BCUT2D eigenvalue weighted by atomic mass is 32.2. The van der Waals surface area contributed by atoms with E-state index in [-0.39, 0.29) is 18.0 Å². The van der Waals surface area contributed by atoms with Gasteiger partial charge in [0.15, 0.2) is 0 Å². The van der Waals surface area contributed by atoms with Crippen LogP contribution in [0.1, 0.15) is 16.4 Å². The topological polar surface area (TPSA) is 93.1 Å². The Labute approximate surface area is 162 Å². The SMILES string of the molecule is COC(=O)[C@@H]1[C@H](CO)c2ccsc2CCN1S(=O)(=O)c1ccc(OC)cc1. The maximum atomic E-state index is 13.3. The molecule has 2 atom stereocenters. The lowest BCUT2D eigenvalue weighted by atomic mass is 9.93. The van der Waals surface area contributed by atoms with Crippen molar-refractivity contribution >= 4 is 27.3 Å². The summed E-state index contributed by atoms with van der Waals surface area (Å²) >= 11 is 1.49. The average Bonchev–Trinajstić information content (AvgIpc) is 3.08. The Morgan fingerprint density at radius 3 is 2.56 bits per heavy atom. The van der Waals surface area contributed by atoms with Gasteiger partial charge in [-0.25, -0.2) is 8.42 Å². The van der Waals surface area contributed by atoms with Crippen molar-refractivity contribution in [3.05, 3.63) is 46.2 Å². The molecule has 0 unspecified atom stereocenters.